The lowest BCUT2D eigenvalue weighted by atomic mass is 9.89. The van der Waals surface area contributed by atoms with E-state index in [1.54, 1.807) is 0 Å². The van der Waals surface area contributed by atoms with E-state index in [0.717, 1.165) is 18.6 Å². The van der Waals surface area contributed by atoms with Crippen LogP contribution in [0.1, 0.15) is 24.3 Å². The molecule has 0 saturated carbocycles. The highest BCUT2D eigenvalue weighted by Crippen LogP contribution is 2.31. The number of aromatic nitrogens is 2. The number of piperidine rings is 1. The quantitative estimate of drug-likeness (QED) is 0.697. The van der Waals surface area contributed by atoms with Gasteiger partial charge in [0.2, 0.25) is 0 Å². The van der Waals surface area contributed by atoms with Gasteiger partial charge in [0.1, 0.15) is 0 Å². The van der Waals surface area contributed by atoms with Gasteiger partial charge in [0.05, 0.1) is 11.7 Å². The maximum Gasteiger partial charge on any atom is 0.0651 e. The third kappa shape index (κ3) is 1.81. The molecule has 4 rings (SSSR count). The van der Waals surface area contributed by atoms with Crippen LogP contribution >= 0.6 is 0 Å². The molecule has 1 aliphatic heterocycles. The molecule has 3 heterocycles. The van der Waals surface area contributed by atoms with E-state index in [1.807, 2.05) is 12.4 Å². The first-order valence-electron chi connectivity index (χ1n) is 6.98. The number of pyridine rings is 1. The van der Waals surface area contributed by atoms with Crippen molar-refractivity contribution in [2.75, 3.05) is 13.1 Å². The molecule has 0 aliphatic carbocycles. The van der Waals surface area contributed by atoms with Crippen molar-refractivity contribution in [3.05, 3.63) is 42.2 Å². The van der Waals surface area contributed by atoms with Gasteiger partial charge >= 0.3 is 0 Å². The number of aromatic amines is 1. The van der Waals surface area contributed by atoms with Gasteiger partial charge in [-0.1, -0.05) is 6.07 Å². The van der Waals surface area contributed by atoms with E-state index >= 15 is 0 Å². The highest BCUT2D eigenvalue weighted by molar-refractivity contribution is 6.07. The standard InChI is InChI=1S/C16H17N3/c1-2-15-14(13-5-8-18-10-16(13)19-15)9-12(1)11-3-6-17-7-4-11/h1-2,5,8-11,17,19H,3-4,6-7H2. The van der Waals surface area contributed by atoms with E-state index in [-0.39, 0.29) is 0 Å². The van der Waals surface area contributed by atoms with E-state index in [0.29, 0.717) is 5.92 Å². The van der Waals surface area contributed by atoms with Crippen LogP contribution in [0.25, 0.3) is 21.8 Å². The zero-order valence-corrected chi connectivity index (χ0v) is 10.8. The maximum absolute atomic E-state index is 4.18. The van der Waals surface area contributed by atoms with Gasteiger partial charge in [0.25, 0.3) is 0 Å². The Bertz CT molecular complexity index is 723. The van der Waals surface area contributed by atoms with Crippen molar-refractivity contribution < 1.29 is 0 Å². The monoisotopic (exact) mass is 251 g/mol. The summed E-state index contributed by atoms with van der Waals surface area (Å²) in [6.07, 6.45) is 6.26. The van der Waals surface area contributed by atoms with E-state index in [4.69, 9.17) is 0 Å². The van der Waals surface area contributed by atoms with Crippen molar-refractivity contribution in [1.29, 1.82) is 0 Å². The number of H-pyrrole nitrogens is 1. The van der Waals surface area contributed by atoms with Crippen molar-refractivity contribution in [1.82, 2.24) is 15.3 Å². The topological polar surface area (TPSA) is 40.7 Å². The molecular weight excluding hydrogens is 234 g/mol. The normalized spacial score (nSPS) is 17.3. The molecule has 2 aromatic heterocycles. The molecule has 1 aliphatic rings. The van der Waals surface area contributed by atoms with Crippen LogP contribution in [0.3, 0.4) is 0 Å². The Morgan fingerprint density at radius 3 is 2.79 bits per heavy atom. The zero-order valence-electron chi connectivity index (χ0n) is 10.8. The molecule has 1 saturated heterocycles. The number of benzene rings is 1. The largest absolute Gasteiger partial charge is 0.353 e. The van der Waals surface area contributed by atoms with E-state index in [2.05, 4.69) is 39.6 Å². The van der Waals surface area contributed by atoms with Crippen LogP contribution in [0, 0.1) is 0 Å². The summed E-state index contributed by atoms with van der Waals surface area (Å²) in [7, 11) is 0. The predicted octanol–water partition coefficient (Wildman–Crippen LogP) is 3.18. The minimum Gasteiger partial charge on any atom is -0.353 e. The SMILES string of the molecule is c1cc2c(cn1)[nH]c1ccc(C3CCNCC3)cc12. The molecule has 3 heteroatoms. The van der Waals surface area contributed by atoms with Crippen LogP contribution < -0.4 is 5.32 Å². The van der Waals surface area contributed by atoms with Gasteiger partial charge in [-0.15, -0.1) is 0 Å². The molecule has 96 valence electrons. The Kier molecular flexibility index (Phi) is 2.52. The molecule has 0 unspecified atom stereocenters. The summed E-state index contributed by atoms with van der Waals surface area (Å²) in [5, 5.41) is 6.04. The van der Waals surface area contributed by atoms with Crippen molar-refractivity contribution >= 4 is 21.8 Å². The lowest BCUT2D eigenvalue weighted by Crippen LogP contribution is -2.26. The Balaban J connectivity index is 1.87. The Morgan fingerprint density at radius 1 is 1.00 bits per heavy atom. The summed E-state index contributed by atoms with van der Waals surface area (Å²) in [5.74, 6) is 0.706. The van der Waals surface area contributed by atoms with Crippen molar-refractivity contribution in [3.8, 4) is 0 Å². The summed E-state index contributed by atoms with van der Waals surface area (Å²) in [6, 6.07) is 8.96. The minimum absolute atomic E-state index is 0.706. The fourth-order valence-electron chi connectivity index (χ4n) is 3.18. The van der Waals surface area contributed by atoms with Crippen molar-refractivity contribution in [2.24, 2.45) is 0 Å². The van der Waals surface area contributed by atoms with E-state index in [1.165, 1.54) is 34.7 Å². The molecule has 3 aromatic rings. The third-order valence-electron chi connectivity index (χ3n) is 4.23. The molecule has 0 atom stereocenters. The van der Waals surface area contributed by atoms with Crippen LogP contribution in [0.4, 0.5) is 0 Å². The second-order valence-electron chi connectivity index (χ2n) is 5.38. The molecule has 2 N–H and O–H groups in total. The second-order valence-corrected chi connectivity index (χ2v) is 5.38. The number of nitrogens with zero attached hydrogens (tertiary/aromatic N) is 1. The van der Waals surface area contributed by atoms with Crippen LogP contribution in [-0.4, -0.2) is 23.1 Å². The molecule has 0 spiro atoms. The molecule has 0 radical (unpaired) electrons. The Morgan fingerprint density at radius 2 is 1.89 bits per heavy atom. The molecule has 0 amide bonds. The average molecular weight is 251 g/mol. The molecule has 3 nitrogen and oxygen atoms in total. The zero-order chi connectivity index (χ0) is 12.7. The molecular formula is C16H17N3. The number of nitrogens with one attached hydrogen (secondary N) is 2. The lowest BCUT2D eigenvalue weighted by molar-refractivity contribution is 0.460. The molecule has 0 bridgehead atoms. The van der Waals surface area contributed by atoms with Crippen molar-refractivity contribution in [2.45, 2.75) is 18.8 Å². The summed E-state index contributed by atoms with van der Waals surface area (Å²) < 4.78 is 0. The summed E-state index contributed by atoms with van der Waals surface area (Å²) >= 11 is 0. The van der Waals surface area contributed by atoms with Crippen molar-refractivity contribution in [3.63, 3.8) is 0 Å². The Hall–Kier alpha value is -1.87. The predicted molar refractivity (Wildman–Crippen MR) is 78.4 cm³/mol. The first kappa shape index (κ1) is 11.0. The van der Waals surface area contributed by atoms with Crippen LogP contribution in [0.15, 0.2) is 36.7 Å². The van der Waals surface area contributed by atoms with Gasteiger partial charge in [-0.25, -0.2) is 0 Å². The van der Waals surface area contributed by atoms with Crippen LogP contribution in [-0.2, 0) is 0 Å². The first-order chi connectivity index (χ1) is 9.42. The highest BCUT2D eigenvalue weighted by Gasteiger charge is 2.16. The fourth-order valence-corrected chi connectivity index (χ4v) is 3.18. The number of hydrogen-bond acceptors (Lipinski definition) is 2. The smallest absolute Gasteiger partial charge is 0.0651 e. The number of rotatable bonds is 1. The van der Waals surface area contributed by atoms with E-state index in [9.17, 15) is 0 Å². The van der Waals surface area contributed by atoms with Gasteiger partial charge in [-0.2, -0.15) is 0 Å². The summed E-state index contributed by atoms with van der Waals surface area (Å²) in [4.78, 5) is 7.61. The van der Waals surface area contributed by atoms with Crippen LogP contribution in [0.2, 0.25) is 0 Å². The van der Waals surface area contributed by atoms with Gasteiger partial charge in [0, 0.05) is 22.5 Å². The molecule has 19 heavy (non-hydrogen) atoms. The van der Waals surface area contributed by atoms with Crippen LogP contribution in [0.5, 0.6) is 0 Å². The van der Waals surface area contributed by atoms with Gasteiger partial charge in [0.15, 0.2) is 0 Å². The minimum atomic E-state index is 0.706. The summed E-state index contributed by atoms with van der Waals surface area (Å²) in [6.45, 7) is 2.28. The molecule has 1 aromatic carbocycles. The maximum atomic E-state index is 4.18. The second kappa shape index (κ2) is 4.35. The highest BCUT2D eigenvalue weighted by atomic mass is 14.9. The van der Waals surface area contributed by atoms with Gasteiger partial charge in [-0.3, -0.25) is 4.98 Å². The van der Waals surface area contributed by atoms with Gasteiger partial charge in [-0.05, 0) is 55.6 Å². The van der Waals surface area contributed by atoms with E-state index < -0.39 is 0 Å². The molecule has 1 fully saturated rings. The Labute approximate surface area is 112 Å². The number of hydrogen-bond donors (Lipinski definition) is 2. The summed E-state index contributed by atoms with van der Waals surface area (Å²) in [5.41, 5.74) is 3.81. The van der Waals surface area contributed by atoms with Gasteiger partial charge < -0.3 is 10.3 Å². The third-order valence-corrected chi connectivity index (χ3v) is 4.23. The fraction of sp³-hybridized carbons (Fsp3) is 0.312. The lowest BCUT2D eigenvalue weighted by Gasteiger charge is -2.23. The average Bonchev–Trinajstić information content (AvgIpc) is 2.86. The number of fused-ring (bicyclic) bond motifs is 3. The first-order valence-corrected chi connectivity index (χ1v) is 6.98.